The Balaban J connectivity index is 2.18. The van der Waals surface area contributed by atoms with Crippen LogP contribution in [-0.2, 0) is 4.74 Å². The molecular weight excluding hydrogens is 257 g/mol. The fourth-order valence-electron chi connectivity index (χ4n) is 2.74. The van der Waals surface area contributed by atoms with Crippen LogP contribution < -0.4 is 10.5 Å². The van der Waals surface area contributed by atoms with Gasteiger partial charge in [-0.3, -0.25) is 0 Å². The van der Waals surface area contributed by atoms with E-state index in [0.717, 1.165) is 12.0 Å². The fourth-order valence-corrected chi connectivity index (χ4v) is 2.74. The van der Waals surface area contributed by atoms with Crippen molar-refractivity contribution in [1.29, 1.82) is 0 Å². The lowest BCUT2D eigenvalue weighted by molar-refractivity contribution is -0.0849. The molecule has 2 rings (SSSR count). The van der Waals surface area contributed by atoms with E-state index in [0.29, 0.717) is 0 Å². The minimum Gasteiger partial charge on any atom is -0.484 e. The number of rotatable bonds is 3. The second kappa shape index (κ2) is 5.01. The van der Waals surface area contributed by atoms with E-state index in [1.54, 1.807) is 12.1 Å². The molecule has 0 amide bonds. The Morgan fingerprint density at radius 1 is 1.35 bits per heavy atom. The van der Waals surface area contributed by atoms with Crippen LogP contribution in [0.5, 0.6) is 5.75 Å². The molecule has 0 saturated carbocycles. The van der Waals surface area contributed by atoms with E-state index >= 15 is 0 Å². The molecule has 3 nitrogen and oxygen atoms in total. The first-order valence-electron chi connectivity index (χ1n) is 7.02. The molecule has 4 heteroatoms. The van der Waals surface area contributed by atoms with Gasteiger partial charge in [-0.05, 0) is 52.3 Å². The number of ether oxygens (including phenoxy) is 2. The normalized spacial score (nSPS) is 25.4. The molecule has 1 aliphatic rings. The third-order valence-electron chi connectivity index (χ3n) is 3.74. The molecule has 1 heterocycles. The van der Waals surface area contributed by atoms with Crippen molar-refractivity contribution in [1.82, 2.24) is 0 Å². The van der Waals surface area contributed by atoms with Crippen molar-refractivity contribution in [2.45, 2.75) is 64.4 Å². The highest BCUT2D eigenvalue weighted by Gasteiger charge is 2.47. The largest absolute Gasteiger partial charge is 0.484 e. The summed E-state index contributed by atoms with van der Waals surface area (Å²) in [6.45, 7) is 9.81. The zero-order valence-corrected chi connectivity index (χ0v) is 12.9. The van der Waals surface area contributed by atoms with E-state index in [4.69, 9.17) is 15.2 Å². The summed E-state index contributed by atoms with van der Waals surface area (Å²) in [5.74, 6) is -0.117. The highest BCUT2D eigenvalue weighted by Crippen LogP contribution is 2.40. The molecule has 20 heavy (non-hydrogen) atoms. The van der Waals surface area contributed by atoms with Crippen molar-refractivity contribution in [3.63, 3.8) is 0 Å². The standard InChI is InChI=1S/C16H24FNO2/c1-10(18)11-6-7-13(12(17)8-11)19-14-9-15(2,3)20-16(14,4)5/h6-8,10,14H,9,18H2,1-5H3/t10-,14?/m0/s1. The SMILES string of the molecule is C[C@H](N)c1ccc(OC2CC(C)(C)OC2(C)C)c(F)c1. The second-order valence-electron chi connectivity index (χ2n) is 6.75. The minimum atomic E-state index is -0.435. The summed E-state index contributed by atoms with van der Waals surface area (Å²) in [7, 11) is 0. The van der Waals surface area contributed by atoms with Crippen molar-refractivity contribution in [3.8, 4) is 5.75 Å². The van der Waals surface area contributed by atoms with Gasteiger partial charge in [0.15, 0.2) is 11.6 Å². The molecule has 1 fully saturated rings. The summed E-state index contributed by atoms with van der Waals surface area (Å²) >= 11 is 0. The number of halogens is 1. The monoisotopic (exact) mass is 281 g/mol. The predicted octanol–water partition coefficient (Wildman–Crippen LogP) is 3.57. The molecule has 0 aliphatic carbocycles. The third-order valence-corrected chi connectivity index (χ3v) is 3.74. The Bertz CT molecular complexity index is 497. The van der Waals surface area contributed by atoms with Crippen LogP contribution in [0.15, 0.2) is 18.2 Å². The smallest absolute Gasteiger partial charge is 0.165 e. The molecule has 1 aromatic carbocycles. The first-order valence-corrected chi connectivity index (χ1v) is 7.02. The summed E-state index contributed by atoms with van der Waals surface area (Å²) in [5.41, 5.74) is 5.82. The van der Waals surface area contributed by atoms with Gasteiger partial charge in [-0.25, -0.2) is 4.39 Å². The van der Waals surface area contributed by atoms with E-state index in [1.807, 2.05) is 34.6 Å². The molecule has 1 aromatic rings. The molecule has 1 saturated heterocycles. The first-order chi connectivity index (χ1) is 9.11. The number of benzene rings is 1. The first kappa shape index (κ1) is 15.3. The Morgan fingerprint density at radius 3 is 2.45 bits per heavy atom. The Labute approximate surface area is 120 Å². The van der Waals surface area contributed by atoms with Crippen molar-refractivity contribution < 1.29 is 13.9 Å². The quantitative estimate of drug-likeness (QED) is 0.921. The van der Waals surface area contributed by atoms with Crippen LogP contribution >= 0.6 is 0 Å². The van der Waals surface area contributed by atoms with Gasteiger partial charge in [-0.2, -0.15) is 0 Å². The van der Waals surface area contributed by atoms with Crippen LogP contribution in [0.25, 0.3) is 0 Å². The maximum absolute atomic E-state index is 14.1. The molecule has 2 N–H and O–H groups in total. The molecule has 0 spiro atoms. The summed E-state index contributed by atoms with van der Waals surface area (Å²) < 4.78 is 25.9. The van der Waals surface area contributed by atoms with E-state index < -0.39 is 5.60 Å². The van der Waals surface area contributed by atoms with Gasteiger partial charge < -0.3 is 15.2 Å². The molecule has 1 unspecified atom stereocenters. The Hall–Kier alpha value is -1.13. The second-order valence-corrected chi connectivity index (χ2v) is 6.75. The maximum Gasteiger partial charge on any atom is 0.165 e. The lowest BCUT2D eigenvalue weighted by Gasteiger charge is -2.27. The van der Waals surface area contributed by atoms with Crippen LogP contribution in [0, 0.1) is 5.82 Å². The van der Waals surface area contributed by atoms with Crippen molar-refractivity contribution >= 4 is 0 Å². The van der Waals surface area contributed by atoms with Crippen molar-refractivity contribution in [2.75, 3.05) is 0 Å². The van der Waals surface area contributed by atoms with Crippen LogP contribution in [-0.4, -0.2) is 17.3 Å². The van der Waals surface area contributed by atoms with E-state index in [9.17, 15) is 4.39 Å². The predicted molar refractivity (Wildman–Crippen MR) is 77.3 cm³/mol. The fraction of sp³-hybridized carbons (Fsp3) is 0.625. The summed E-state index contributed by atoms with van der Waals surface area (Å²) in [4.78, 5) is 0. The zero-order chi connectivity index (χ0) is 15.1. The summed E-state index contributed by atoms with van der Waals surface area (Å²) in [6, 6.07) is 4.70. The molecule has 2 atom stereocenters. The zero-order valence-electron chi connectivity index (χ0n) is 12.9. The van der Waals surface area contributed by atoms with Gasteiger partial charge in [0.25, 0.3) is 0 Å². The van der Waals surface area contributed by atoms with Gasteiger partial charge in [0, 0.05) is 12.5 Å². The molecule has 0 aromatic heterocycles. The Morgan fingerprint density at radius 2 is 2.00 bits per heavy atom. The van der Waals surface area contributed by atoms with Gasteiger partial charge in [0.05, 0.1) is 5.60 Å². The average Bonchev–Trinajstić information content (AvgIpc) is 2.49. The summed E-state index contributed by atoms with van der Waals surface area (Å²) in [6.07, 6.45) is 0.558. The van der Waals surface area contributed by atoms with E-state index in [-0.39, 0.29) is 29.3 Å². The van der Waals surface area contributed by atoms with Crippen LogP contribution in [0.1, 0.15) is 52.6 Å². The molecule has 0 radical (unpaired) electrons. The van der Waals surface area contributed by atoms with E-state index in [2.05, 4.69) is 0 Å². The lowest BCUT2D eigenvalue weighted by atomic mass is 9.97. The summed E-state index contributed by atoms with van der Waals surface area (Å²) in [5, 5.41) is 0. The van der Waals surface area contributed by atoms with Gasteiger partial charge in [0.1, 0.15) is 11.7 Å². The number of nitrogens with two attached hydrogens (primary N) is 1. The van der Waals surface area contributed by atoms with Crippen molar-refractivity contribution in [2.24, 2.45) is 5.73 Å². The number of hydrogen-bond acceptors (Lipinski definition) is 3. The number of hydrogen-bond donors (Lipinski definition) is 1. The molecule has 0 bridgehead atoms. The van der Waals surface area contributed by atoms with Gasteiger partial charge in [-0.15, -0.1) is 0 Å². The van der Waals surface area contributed by atoms with Gasteiger partial charge in [-0.1, -0.05) is 6.07 Å². The van der Waals surface area contributed by atoms with E-state index in [1.165, 1.54) is 6.07 Å². The van der Waals surface area contributed by atoms with Crippen LogP contribution in [0.2, 0.25) is 0 Å². The Kier molecular flexibility index (Phi) is 3.82. The average molecular weight is 281 g/mol. The third kappa shape index (κ3) is 3.13. The highest BCUT2D eigenvalue weighted by molar-refractivity contribution is 5.31. The highest BCUT2D eigenvalue weighted by atomic mass is 19.1. The van der Waals surface area contributed by atoms with Crippen LogP contribution in [0.4, 0.5) is 4.39 Å². The topological polar surface area (TPSA) is 44.5 Å². The molecule has 1 aliphatic heterocycles. The molecule has 112 valence electrons. The van der Waals surface area contributed by atoms with Gasteiger partial charge >= 0.3 is 0 Å². The lowest BCUT2D eigenvalue weighted by Crippen LogP contribution is -2.36. The van der Waals surface area contributed by atoms with Crippen LogP contribution in [0.3, 0.4) is 0 Å². The minimum absolute atomic E-state index is 0.173. The maximum atomic E-state index is 14.1. The molecular formula is C16H24FNO2. The van der Waals surface area contributed by atoms with Gasteiger partial charge in [0.2, 0.25) is 0 Å². The van der Waals surface area contributed by atoms with Crippen molar-refractivity contribution in [3.05, 3.63) is 29.6 Å².